The first-order chi connectivity index (χ1) is 15.6. The summed E-state index contributed by atoms with van der Waals surface area (Å²) in [5.74, 6) is 2.85. The van der Waals surface area contributed by atoms with Gasteiger partial charge in [0.2, 0.25) is 0 Å². The molecule has 184 valence electrons. The summed E-state index contributed by atoms with van der Waals surface area (Å²) in [5.41, 5.74) is 5.03. The molecule has 5 heteroatoms. The van der Waals surface area contributed by atoms with Crippen LogP contribution >= 0.6 is 0 Å². The zero-order valence-electron chi connectivity index (χ0n) is 22.0. The van der Waals surface area contributed by atoms with Crippen LogP contribution in [0.4, 0.5) is 0 Å². The summed E-state index contributed by atoms with van der Waals surface area (Å²) in [4.78, 5) is 25.7. The predicted octanol–water partition coefficient (Wildman–Crippen LogP) is 7.08. The van der Waals surface area contributed by atoms with Crippen LogP contribution in [0, 0.1) is 16.9 Å². The number of unbranched alkanes of at least 4 members (excludes halogenated alkanes) is 1. The van der Waals surface area contributed by atoms with Gasteiger partial charge in [0.1, 0.15) is 20.1 Å². The van der Waals surface area contributed by atoms with E-state index in [1.807, 2.05) is 30.3 Å². The Balaban J connectivity index is 3.48. The zero-order valence-corrected chi connectivity index (χ0v) is 23.0. The third-order valence-electron chi connectivity index (χ3n) is 6.93. The molecule has 0 heterocycles. The van der Waals surface area contributed by atoms with Crippen LogP contribution in [0.25, 0.3) is 0 Å². The monoisotopic (exact) mass is 472 g/mol. The maximum atomic E-state index is 13.6. The third kappa shape index (κ3) is 7.74. The van der Waals surface area contributed by atoms with Gasteiger partial charge in [-0.1, -0.05) is 97.6 Å². The Hall–Kier alpha value is -2.06. The summed E-state index contributed by atoms with van der Waals surface area (Å²) in [6.45, 7) is 15.9. The van der Waals surface area contributed by atoms with Crippen molar-refractivity contribution in [2.45, 2.75) is 104 Å². The van der Waals surface area contributed by atoms with Crippen molar-refractivity contribution in [2.24, 2.45) is 5.41 Å². The third-order valence-corrected chi connectivity index (χ3v) is 13.2. The minimum atomic E-state index is -2.06. The normalized spacial score (nSPS) is 13.4. The van der Waals surface area contributed by atoms with Crippen LogP contribution in [-0.4, -0.2) is 27.1 Å². The van der Waals surface area contributed by atoms with E-state index in [-0.39, 0.29) is 25.0 Å². The molecule has 0 aliphatic carbocycles. The van der Waals surface area contributed by atoms with Crippen molar-refractivity contribution in [3.8, 4) is 11.5 Å². The second-order valence-corrected chi connectivity index (χ2v) is 15.6. The molecule has 0 saturated carbocycles. The van der Waals surface area contributed by atoms with Crippen molar-refractivity contribution in [3.05, 3.63) is 35.9 Å². The number of carbonyl (C=O) groups excluding carboxylic acids is 2. The molecule has 0 saturated heterocycles. The highest BCUT2D eigenvalue weighted by atomic mass is 28.3. The van der Waals surface area contributed by atoms with Gasteiger partial charge in [-0.25, -0.2) is 0 Å². The largest absolute Gasteiger partial charge is 0.469 e. The molecule has 0 spiro atoms. The van der Waals surface area contributed by atoms with Gasteiger partial charge in [-0.15, -0.1) is 5.54 Å². The van der Waals surface area contributed by atoms with E-state index in [1.165, 1.54) is 7.11 Å². The first-order valence-corrected chi connectivity index (χ1v) is 14.6. The van der Waals surface area contributed by atoms with Crippen LogP contribution in [0.3, 0.4) is 0 Å². The number of carbonyl (C=O) groups is 2. The second-order valence-electron chi connectivity index (χ2n) is 9.97. The van der Waals surface area contributed by atoms with Crippen LogP contribution in [-0.2, 0) is 25.7 Å². The van der Waals surface area contributed by atoms with E-state index in [1.54, 1.807) is 0 Å². The minimum absolute atomic E-state index is 0.148. The molecule has 0 radical (unpaired) electrons. The van der Waals surface area contributed by atoms with E-state index < -0.39 is 13.5 Å². The molecule has 33 heavy (non-hydrogen) atoms. The van der Waals surface area contributed by atoms with Crippen molar-refractivity contribution in [2.75, 3.05) is 7.11 Å². The van der Waals surface area contributed by atoms with Crippen LogP contribution in [0.15, 0.2) is 30.3 Å². The Morgan fingerprint density at radius 2 is 1.55 bits per heavy atom. The molecule has 0 amide bonds. The van der Waals surface area contributed by atoms with Crippen molar-refractivity contribution >= 4 is 20.0 Å². The van der Waals surface area contributed by atoms with E-state index >= 15 is 0 Å². The van der Waals surface area contributed by atoms with E-state index in [9.17, 15) is 9.59 Å². The van der Waals surface area contributed by atoms with Crippen LogP contribution < -0.4 is 0 Å². The first kappa shape index (κ1) is 29.0. The fourth-order valence-electron chi connectivity index (χ4n) is 4.92. The number of rotatable bonds is 12. The van der Waals surface area contributed by atoms with E-state index in [2.05, 4.69) is 59.9 Å². The average Bonchev–Trinajstić information content (AvgIpc) is 2.78. The summed E-state index contributed by atoms with van der Waals surface area (Å²) in [5, 5.41) is 0. The van der Waals surface area contributed by atoms with Gasteiger partial charge in [0.15, 0.2) is 0 Å². The lowest BCUT2D eigenvalue weighted by Crippen LogP contribution is -2.44. The Kier molecular flexibility index (Phi) is 11.9. The Labute approximate surface area is 202 Å². The van der Waals surface area contributed by atoms with Crippen LogP contribution in [0.1, 0.15) is 86.1 Å². The molecule has 1 aromatic rings. The van der Waals surface area contributed by atoms with Crippen molar-refractivity contribution < 1.29 is 19.1 Å². The molecule has 1 atom stereocenters. The second kappa shape index (κ2) is 13.6. The predicted molar refractivity (Wildman–Crippen MR) is 138 cm³/mol. The van der Waals surface area contributed by atoms with Crippen molar-refractivity contribution in [1.82, 2.24) is 0 Å². The average molecular weight is 473 g/mol. The molecule has 1 aromatic carbocycles. The van der Waals surface area contributed by atoms with Gasteiger partial charge in [-0.3, -0.25) is 9.59 Å². The molecular weight excluding hydrogens is 428 g/mol. The number of ether oxygens (including phenoxy) is 2. The quantitative estimate of drug-likeness (QED) is 0.185. The SMILES string of the molecule is CCCCC(C#C[Si](C(C)C)(C(C)C)C(C)C)(CCC(=O)OC)C(=O)OCc1ccccc1. The standard InChI is InChI=1S/C28H44O4Si/c1-9-10-17-28(18-16-26(29)31-8,27(30)32-21-25-14-12-11-13-15-25)19-20-33(22(2)3,23(4)5)24(6)7/h11-15,22-24H,9-10,16-18,21H2,1-8H3. The Bertz CT molecular complexity index is 782. The number of hydrogen-bond acceptors (Lipinski definition) is 4. The molecule has 4 nitrogen and oxygen atoms in total. The zero-order chi connectivity index (χ0) is 25.1. The summed E-state index contributed by atoms with van der Waals surface area (Å²) in [6, 6.07) is 9.67. The minimum Gasteiger partial charge on any atom is -0.469 e. The number of benzene rings is 1. The molecule has 0 N–H and O–H groups in total. The van der Waals surface area contributed by atoms with E-state index in [4.69, 9.17) is 9.47 Å². The van der Waals surface area contributed by atoms with Gasteiger partial charge >= 0.3 is 11.9 Å². The lowest BCUT2D eigenvalue weighted by molar-refractivity contribution is -0.155. The van der Waals surface area contributed by atoms with Crippen molar-refractivity contribution in [1.29, 1.82) is 0 Å². The molecule has 0 bridgehead atoms. The van der Waals surface area contributed by atoms with Crippen LogP contribution in [0.2, 0.25) is 16.6 Å². The molecule has 1 rings (SSSR count). The van der Waals surface area contributed by atoms with E-state index in [0.29, 0.717) is 29.5 Å². The molecular formula is C28H44O4Si. The molecule has 0 aliphatic rings. The summed E-state index contributed by atoms with van der Waals surface area (Å²) in [6.07, 6.45) is 2.83. The number of esters is 2. The lowest BCUT2D eigenvalue weighted by atomic mass is 9.79. The van der Waals surface area contributed by atoms with Gasteiger partial charge in [0.05, 0.1) is 7.11 Å². The Morgan fingerprint density at radius 3 is 2.03 bits per heavy atom. The topological polar surface area (TPSA) is 52.6 Å². The molecule has 1 unspecified atom stereocenters. The van der Waals surface area contributed by atoms with Crippen molar-refractivity contribution in [3.63, 3.8) is 0 Å². The molecule has 0 aromatic heterocycles. The van der Waals surface area contributed by atoms with Gasteiger partial charge in [-0.2, -0.15) is 0 Å². The van der Waals surface area contributed by atoms with Gasteiger partial charge in [-0.05, 0) is 35.0 Å². The van der Waals surface area contributed by atoms with E-state index in [0.717, 1.165) is 18.4 Å². The summed E-state index contributed by atoms with van der Waals surface area (Å²) < 4.78 is 10.7. The highest BCUT2D eigenvalue weighted by Crippen LogP contribution is 2.42. The highest BCUT2D eigenvalue weighted by Gasteiger charge is 2.44. The maximum absolute atomic E-state index is 13.6. The number of methoxy groups -OCH3 is 1. The molecule has 0 aliphatic heterocycles. The lowest BCUT2D eigenvalue weighted by Gasteiger charge is -2.38. The van der Waals surface area contributed by atoms with Gasteiger partial charge < -0.3 is 9.47 Å². The summed E-state index contributed by atoms with van der Waals surface area (Å²) >= 11 is 0. The fraction of sp³-hybridized carbons (Fsp3) is 0.643. The first-order valence-electron chi connectivity index (χ1n) is 12.4. The van der Waals surface area contributed by atoms with Gasteiger partial charge in [0, 0.05) is 6.42 Å². The van der Waals surface area contributed by atoms with Gasteiger partial charge in [0.25, 0.3) is 0 Å². The number of hydrogen-bond donors (Lipinski definition) is 0. The smallest absolute Gasteiger partial charge is 0.324 e. The molecule has 0 fully saturated rings. The highest BCUT2D eigenvalue weighted by molar-refractivity contribution is 6.90. The Morgan fingerprint density at radius 1 is 0.970 bits per heavy atom. The fourth-order valence-corrected chi connectivity index (χ4v) is 10.2. The maximum Gasteiger partial charge on any atom is 0.324 e. The van der Waals surface area contributed by atoms with Crippen LogP contribution in [0.5, 0.6) is 0 Å². The summed E-state index contributed by atoms with van der Waals surface area (Å²) in [7, 11) is -0.680.